The number of benzene rings is 1. The van der Waals surface area contributed by atoms with Gasteiger partial charge in [0.05, 0.1) is 17.4 Å². The zero-order chi connectivity index (χ0) is 19.8. The van der Waals surface area contributed by atoms with Gasteiger partial charge in [-0.2, -0.15) is 5.10 Å². The summed E-state index contributed by atoms with van der Waals surface area (Å²) in [4.78, 5) is 10.1. The molecule has 1 aromatic rings. The maximum absolute atomic E-state index is 5.15. The number of aryl methyl sites for hydroxylation is 2. The van der Waals surface area contributed by atoms with Gasteiger partial charge in [0.25, 0.3) is 0 Å². The average molecular weight is 380 g/mol. The first-order valence-corrected chi connectivity index (χ1v) is 10.6. The average Bonchev–Trinajstić information content (AvgIpc) is 2.83. The van der Waals surface area contributed by atoms with Gasteiger partial charge in [0.1, 0.15) is 0 Å². The third-order valence-electron chi connectivity index (χ3n) is 6.16. The minimum atomic E-state index is 0.242. The minimum Gasteiger partial charge on any atom is -0.366 e. The van der Waals surface area contributed by atoms with Gasteiger partial charge in [0, 0.05) is 38.8 Å². The number of likely N-dealkylation sites (N-methyl/N-ethyl adjacent to an activating group) is 1. The summed E-state index contributed by atoms with van der Waals surface area (Å²) in [6.07, 6.45) is 6.36. The first kappa shape index (κ1) is 19.2. The Bertz CT molecular complexity index is 830. The molecule has 28 heavy (non-hydrogen) atoms. The zero-order valence-corrected chi connectivity index (χ0v) is 17.9. The van der Waals surface area contributed by atoms with Crippen molar-refractivity contribution in [1.82, 2.24) is 9.80 Å². The third kappa shape index (κ3) is 3.60. The van der Waals surface area contributed by atoms with Crippen LogP contribution < -0.4 is 5.01 Å². The van der Waals surface area contributed by atoms with E-state index in [1.807, 2.05) is 6.21 Å². The lowest BCUT2D eigenvalue weighted by Gasteiger charge is -2.39. The quantitative estimate of drug-likeness (QED) is 0.742. The molecule has 3 heterocycles. The molecule has 4 rings (SSSR count). The highest BCUT2D eigenvalue weighted by atomic mass is 15.5. The molecule has 0 aliphatic carbocycles. The van der Waals surface area contributed by atoms with Crippen LogP contribution in [0.3, 0.4) is 0 Å². The largest absolute Gasteiger partial charge is 0.366 e. The fourth-order valence-corrected chi connectivity index (χ4v) is 4.59. The molecule has 5 nitrogen and oxygen atoms in total. The van der Waals surface area contributed by atoms with Crippen LogP contribution in [0.1, 0.15) is 49.3 Å². The van der Waals surface area contributed by atoms with Gasteiger partial charge < -0.3 is 9.80 Å². The number of hydrogen-bond acceptors (Lipinski definition) is 5. The van der Waals surface area contributed by atoms with Crippen molar-refractivity contribution in [2.75, 3.05) is 38.2 Å². The number of hydrazone groups is 1. The van der Waals surface area contributed by atoms with Gasteiger partial charge in [-0.1, -0.05) is 19.1 Å². The summed E-state index contributed by atoms with van der Waals surface area (Å²) in [5.74, 6) is 1.47. The number of anilines is 1. The summed E-state index contributed by atoms with van der Waals surface area (Å²) >= 11 is 0. The van der Waals surface area contributed by atoms with E-state index in [0.717, 1.165) is 44.9 Å². The molecule has 0 saturated carbocycles. The summed E-state index contributed by atoms with van der Waals surface area (Å²) in [5, 5.41) is 7.04. The van der Waals surface area contributed by atoms with E-state index in [1.165, 1.54) is 28.1 Å². The van der Waals surface area contributed by atoms with Crippen LogP contribution in [0.5, 0.6) is 0 Å². The number of amidine groups is 1. The summed E-state index contributed by atoms with van der Waals surface area (Å²) in [6.45, 7) is 13.2. The Morgan fingerprint density at radius 2 is 1.75 bits per heavy atom. The predicted octanol–water partition coefficient (Wildman–Crippen LogP) is 3.92. The van der Waals surface area contributed by atoms with E-state index < -0.39 is 0 Å². The molecule has 5 heteroatoms. The molecular formula is C23H33N5. The molecule has 0 radical (unpaired) electrons. The van der Waals surface area contributed by atoms with Crippen LogP contribution in [0, 0.1) is 13.8 Å². The molecule has 150 valence electrons. The number of rotatable bonds is 1. The normalized spacial score (nSPS) is 27.8. The molecule has 2 atom stereocenters. The molecule has 0 amide bonds. The van der Waals surface area contributed by atoms with Crippen LogP contribution in [0.25, 0.3) is 0 Å². The molecule has 1 aromatic carbocycles. The zero-order valence-electron chi connectivity index (χ0n) is 17.9. The second-order valence-electron chi connectivity index (χ2n) is 8.68. The summed E-state index contributed by atoms with van der Waals surface area (Å²) in [5.41, 5.74) is 6.50. The summed E-state index contributed by atoms with van der Waals surface area (Å²) in [7, 11) is 2.20. The molecule has 3 aliphatic rings. The van der Waals surface area contributed by atoms with Crippen LogP contribution in [-0.2, 0) is 0 Å². The summed E-state index contributed by atoms with van der Waals surface area (Å²) < 4.78 is 0. The van der Waals surface area contributed by atoms with Gasteiger partial charge in [-0.15, -0.1) is 0 Å². The van der Waals surface area contributed by atoms with E-state index in [0.29, 0.717) is 5.92 Å². The highest BCUT2D eigenvalue weighted by molar-refractivity contribution is 6.10. The Morgan fingerprint density at radius 1 is 1.00 bits per heavy atom. The third-order valence-corrected chi connectivity index (χ3v) is 6.16. The van der Waals surface area contributed by atoms with E-state index in [-0.39, 0.29) is 6.04 Å². The smallest absolute Gasteiger partial charge is 0.173 e. The van der Waals surface area contributed by atoms with E-state index >= 15 is 0 Å². The lowest BCUT2D eigenvalue weighted by molar-refractivity contribution is 0.191. The van der Waals surface area contributed by atoms with Crippen molar-refractivity contribution in [2.24, 2.45) is 10.1 Å². The standard InChI is InChI=1S/C23H33N5/c1-16-14-18(3)22-17(2)6-7-20(27-12-10-26(5)11-13-27)23-25-19(4)8-9-24-28(23)21(22)15-16/h7,9,14-15,17,19H,6,8,10-13H2,1-5H3/b20-7-. The van der Waals surface area contributed by atoms with Crippen LogP contribution >= 0.6 is 0 Å². The fraction of sp³-hybridized carbons (Fsp3) is 0.565. The Kier molecular flexibility index (Phi) is 5.28. The number of nitrogens with zero attached hydrogens (tertiary/aromatic N) is 5. The van der Waals surface area contributed by atoms with Crippen molar-refractivity contribution in [3.8, 4) is 0 Å². The Hall–Kier alpha value is -2.14. The van der Waals surface area contributed by atoms with Crippen molar-refractivity contribution in [2.45, 2.75) is 52.5 Å². The molecule has 1 saturated heterocycles. The number of aliphatic imine (C=N–C) groups is 1. The van der Waals surface area contributed by atoms with E-state index in [4.69, 9.17) is 10.1 Å². The topological polar surface area (TPSA) is 34.4 Å². The fourth-order valence-electron chi connectivity index (χ4n) is 4.59. The number of allylic oxidation sites excluding steroid dienone is 1. The highest BCUT2D eigenvalue weighted by Gasteiger charge is 2.31. The first-order chi connectivity index (χ1) is 13.4. The van der Waals surface area contributed by atoms with Gasteiger partial charge in [0.2, 0.25) is 0 Å². The van der Waals surface area contributed by atoms with E-state index in [9.17, 15) is 0 Å². The second-order valence-corrected chi connectivity index (χ2v) is 8.68. The van der Waals surface area contributed by atoms with E-state index in [1.54, 1.807) is 0 Å². The van der Waals surface area contributed by atoms with Crippen LogP contribution in [0.15, 0.2) is 34.0 Å². The van der Waals surface area contributed by atoms with Crippen molar-refractivity contribution in [3.63, 3.8) is 0 Å². The highest BCUT2D eigenvalue weighted by Crippen LogP contribution is 2.38. The van der Waals surface area contributed by atoms with Crippen LogP contribution in [0.4, 0.5) is 5.69 Å². The lowest BCUT2D eigenvalue weighted by atomic mass is 9.89. The number of piperazine rings is 1. The van der Waals surface area contributed by atoms with Gasteiger partial charge in [-0.3, -0.25) is 4.99 Å². The lowest BCUT2D eigenvalue weighted by Crippen LogP contribution is -2.47. The molecule has 0 N–H and O–H groups in total. The number of hydrogen-bond donors (Lipinski definition) is 0. The molecule has 0 spiro atoms. The molecule has 3 aliphatic heterocycles. The van der Waals surface area contributed by atoms with Crippen LogP contribution in [-0.4, -0.2) is 61.1 Å². The molecule has 0 aromatic heterocycles. The second kappa shape index (κ2) is 7.70. The first-order valence-electron chi connectivity index (χ1n) is 10.6. The van der Waals surface area contributed by atoms with Gasteiger partial charge in [-0.05, 0) is 62.9 Å². The Morgan fingerprint density at radius 3 is 2.50 bits per heavy atom. The molecule has 0 bridgehead atoms. The van der Waals surface area contributed by atoms with Crippen LogP contribution in [0.2, 0.25) is 0 Å². The van der Waals surface area contributed by atoms with Crippen molar-refractivity contribution in [1.29, 1.82) is 0 Å². The maximum Gasteiger partial charge on any atom is 0.173 e. The molecular weight excluding hydrogens is 346 g/mol. The summed E-state index contributed by atoms with van der Waals surface area (Å²) in [6, 6.07) is 4.82. The van der Waals surface area contributed by atoms with Gasteiger partial charge in [0.15, 0.2) is 5.84 Å². The monoisotopic (exact) mass is 379 g/mol. The molecule has 1 fully saturated rings. The van der Waals surface area contributed by atoms with E-state index in [2.05, 4.69) is 67.8 Å². The van der Waals surface area contributed by atoms with Crippen molar-refractivity contribution >= 4 is 17.7 Å². The minimum absolute atomic E-state index is 0.242. The van der Waals surface area contributed by atoms with Gasteiger partial charge >= 0.3 is 0 Å². The SMILES string of the molecule is Cc1cc(C)c2c(c1)N1N=CCC(C)N=C1/C(N1CCN(C)CC1)=C/CC2C. The van der Waals surface area contributed by atoms with Crippen molar-refractivity contribution < 1.29 is 0 Å². The maximum atomic E-state index is 5.15. The Balaban J connectivity index is 1.85. The van der Waals surface area contributed by atoms with Gasteiger partial charge in [-0.25, -0.2) is 5.01 Å². The van der Waals surface area contributed by atoms with Crippen molar-refractivity contribution in [3.05, 3.63) is 40.6 Å². The molecule has 2 unspecified atom stereocenters. The Labute approximate surface area is 169 Å². The number of fused-ring (bicyclic) bond motifs is 3. The predicted molar refractivity (Wildman–Crippen MR) is 119 cm³/mol.